The molecule has 0 saturated carbocycles. The summed E-state index contributed by atoms with van der Waals surface area (Å²) in [5, 5.41) is 6.03. The maximum atomic E-state index is 12.2. The summed E-state index contributed by atoms with van der Waals surface area (Å²) in [7, 11) is 0. The molecule has 1 N–H and O–H groups in total. The van der Waals surface area contributed by atoms with Crippen LogP contribution in [0.3, 0.4) is 0 Å². The third kappa shape index (κ3) is 3.03. The van der Waals surface area contributed by atoms with Crippen molar-refractivity contribution in [2.75, 3.05) is 0 Å². The predicted octanol–water partition coefficient (Wildman–Crippen LogP) is 3.50. The van der Waals surface area contributed by atoms with Crippen molar-refractivity contribution in [1.82, 2.24) is 15.0 Å². The number of rotatable bonds is 4. The molecule has 6 heteroatoms. The molecule has 0 bridgehead atoms. The van der Waals surface area contributed by atoms with Crippen LogP contribution in [0.4, 0.5) is 0 Å². The van der Waals surface area contributed by atoms with Crippen molar-refractivity contribution in [3.05, 3.63) is 51.5 Å². The van der Waals surface area contributed by atoms with Crippen LogP contribution in [-0.2, 0) is 6.54 Å². The zero-order valence-corrected chi connectivity index (χ0v) is 14.1. The van der Waals surface area contributed by atoms with E-state index in [0.29, 0.717) is 5.56 Å². The Morgan fingerprint density at radius 2 is 2.22 bits per heavy atom. The number of nitrogens with one attached hydrogen (secondary N) is 1. The number of hydrazone groups is 1. The highest BCUT2D eigenvalue weighted by Gasteiger charge is 2.10. The van der Waals surface area contributed by atoms with Crippen LogP contribution in [0.15, 0.2) is 34.7 Å². The second-order valence-corrected chi connectivity index (χ2v) is 6.22. The minimum atomic E-state index is -0.235. The summed E-state index contributed by atoms with van der Waals surface area (Å²) in [6, 6.07) is 7.56. The molecule has 0 spiro atoms. The van der Waals surface area contributed by atoms with Gasteiger partial charge in [0.05, 0.1) is 17.2 Å². The second kappa shape index (κ2) is 6.34. The number of nitrogens with zero attached hydrogens (tertiary/aromatic N) is 3. The van der Waals surface area contributed by atoms with Gasteiger partial charge in [-0.05, 0) is 56.0 Å². The van der Waals surface area contributed by atoms with Gasteiger partial charge in [0.25, 0.3) is 5.91 Å². The van der Waals surface area contributed by atoms with E-state index in [-0.39, 0.29) is 5.91 Å². The first kappa shape index (κ1) is 15.4. The van der Waals surface area contributed by atoms with Crippen LogP contribution in [0.25, 0.3) is 11.0 Å². The van der Waals surface area contributed by atoms with Crippen molar-refractivity contribution < 1.29 is 4.79 Å². The fourth-order valence-corrected chi connectivity index (χ4v) is 3.31. The van der Waals surface area contributed by atoms with Gasteiger partial charge in [0.2, 0.25) is 0 Å². The first-order chi connectivity index (χ1) is 11.1. The number of imidazole rings is 1. The summed E-state index contributed by atoms with van der Waals surface area (Å²) in [5.74, 6) is 0.715. The van der Waals surface area contributed by atoms with E-state index in [0.717, 1.165) is 33.8 Å². The zero-order valence-electron chi connectivity index (χ0n) is 13.3. The minimum absolute atomic E-state index is 0.235. The Bertz CT molecular complexity index is 891. The van der Waals surface area contributed by atoms with Gasteiger partial charge < -0.3 is 4.57 Å². The summed E-state index contributed by atoms with van der Waals surface area (Å²) in [6.45, 7) is 6.92. The van der Waals surface area contributed by atoms with Crippen LogP contribution in [0.5, 0.6) is 0 Å². The van der Waals surface area contributed by atoms with Crippen molar-refractivity contribution in [3.63, 3.8) is 0 Å². The Morgan fingerprint density at radius 1 is 1.39 bits per heavy atom. The maximum Gasteiger partial charge on any atom is 0.271 e. The Labute approximate surface area is 138 Å². The van der Waals surface area contributed by atoms with Crippen molar-refractivity contribution in [2.45, 2.75) is 27.3 Å². The number of hydrogen-bond acceptors (Lipinski definition) is 4. The largest absolute Gasteiger partial charge is 0.329 e. The summed E-state index contributed by atoms with van der Waals surface area (Å²) in [5.41, 5.74) is 6.14. The van der Waals surface area contributed by atoms with E-state index in [4.69, 9.17) is 0 Å². The average molecular weight is 326 g/mol. The first-order valence-electron chi connectivity index (χ1n) is 7.44. The molecule has 0 unspecified atom stereocenters. The van der Waals surface area contributed by atoms with Gasteiger partial charge in [-0.2, -0.15) is 5.10 Å². The maximum absolute atomic E-state index is 12.2. The molecule has 0 atom stereocenters. The van der Waals surface area contributed by atoms with E-state index in [1.807, 2.05) is 31.4 Å². The number of carbonyl (C=O) groups excluding carboxylic acids is 1. The van der Waals surface area contributed by atoms with Gasteiger partial charge in [0.15, 0.2) is 0 Å². The quantitative estimate of drug-likeness (QED) is 0.589. The third-order valence-electron chi connectivity index (χ3n) is 3.77. The lowest BCUT2D eigenvalue weighted by Gasteiger charge is -2.03. The Balaban J connectivity index is 1.78. The van der Waals surface area contributed by atoms with Crippen LogP contribution in [0.1, 0.15) is 33.5 Å². The van der Waals surface area contributed by atoms with Gasteiger partial charge >= 0.3 is 0 Å². The molecular weight excluding hydrogens is 308 g/mol. The van der Waals surface area contributed by atoms with E-state index in [9.17, 15) is 4.79 Å². The molecule has 3 rings (SSSR count). The van der Waals surface area contributed by atoms with Crippen LogP contribution in [0.2, 0.25) is 0 Å². The van der Waals surface area contributed by atoms with Crippen LogP contribution < -0.4 is 5.43 Å². The molecule has 0 aliphatic rings. The van der Waals surface area contributed by atoms with E-state index in [2.05, 4.69) is 27.0 Å². The molecule has 3 aromatic rings. The summed E-state index contributed by atoms with van der Waals surface area (Å²) >= 11 is 1.59. The number of fused-ring (bicyclic) bond motifs is 1. The van der Waals surface area contributed by atoms with Gasteiger partial charge in [-0.1, -0.05) is 0 Å². The van der Waals surface area contributed by atoms with Crippen LogP contribution in [-0.4, -0.2) is 21.7 Å². The topological polar surface area (TPSA) is 59.3 Å². The first-order valence-corrected chi connectivity index (χ1v) is 8.32. The number of amides is 1. The number of thiophene rings is 1. The van der Waals surface area contributed by atoms with Gasteiger partial charge in [-0.3, -0.25) is 4.79 Å². The number of aromatic nitrogens is 2. The van der Waals surface area contributed by atoms with Crippen LogP contribution >= 0.6 is 11.3 Å². The van der Waals surface area contributed by atoms with E-state index >= 15 is 0 Å². The molecule has 0 radical (unpaired) electrons. The molecule has 0 saturated heterocycles. The second-order valence-electron chi connectivity index (χ2n) is 5.27. The SMILES string of the molecule is CCn1c(C)nc2cc(C(=O)N/N=C\c3sccc3C)ccc21. The summed E-state index contributed by atoms with van der Waals surface area (Å²) in [6.07, 6.45) is 1.67. The highest BCUT2D eigenvalue weighted by molar-refractivity contribution is 7.11. The van der Waals surface area contributed by atoms with Gasteiger partial charge in [-0.25, -0.2) is 10.4 Å². The van der Waals surface area contributed by atoms with Gasteiger partial charge in [-0.15, -0.1) is 11.3 Å². The minimum Gasteiger partial charge on any atom is -0.329 e. The van der Waals surface area contributed by atoms with Gasteiger partial charge in [0, 0.05) is 17.0 Å². The fraction of sp³-hybridized carbons (Fsp3) is 0.235. The molecule has 0 aliphatic heterocycles. The lowest BCUT2D eigenvalue weighted by Crippen LogP contribution is -2.17. The standard InChI is InChI=1S/C17H18N4OS/c1-4-21-12(3)19-14-9-13(5-6-15(14)21)17(22)20-18-10-16-11(2)7-8-23-16/h5-10H,4H2,1-3H3,(H,20,22)/b18-10-. The smallest absolute Gasteiger partial charge is 0.271 e. The molecule has 0 aliphatic carbocycles. The van der Waals surface area contributed by atoms with Crippen molar-refractivity contribution in [3.8, 4) is 0 Å². The molecular formula is C17H18N4OS. The molecule has 5 nitrogen and oxygen atoms in total. The lowest BCUT2D eigenvalue weighted by atomic mass is 10.2. The number of aryl methyl sites for hydroxylation is 3. The summed E-state index contributed by atoms with van der Waals surface area (Å²) < 4.78 is 2.12. The Morgan fingerprint density at radius 3 is 2.91 bits per heavy atom. The number of carbonyl (C=O) groups is 1. The highest BCUT2D eigenvalue weighted by Crippen LogP contribution is 2.18. The Hall–Kier alpha value is -2.47. The predicted molar refractivity (Wildman–Crippen MR) is 94.3 cm³/mol. The van der Waals surface area contributed by atoms with E-state index < -0.39 is 0 Å². The average Bonchev–Trinajstić information content (AvgIpc) is 3.08. The fourth-order valence-electron chi connectivity index (χ4n) is 2.52. The third-order valence-corrected chi connectivity index (χ3v) is 4.72. The van der Waals surface area contributed by atoms with Crippen molar-refractivity contribution in [2.24, 2.45) is 5.10 Å². The normalized spacial score (nSPS) is 11.4. The molecule has 1 amide bonds. The molecule has 0 fully saturated rings. The molecule has 118 valence electrons. The van der Waals surface area contributed by atoms with Crippen molar-refractivity contribution >= 4 is 34.5 Å². The summed E-state index contributed by atoms with van der Waals surface area (Å²) in [4.78, 5) is 17.8. The number of benzene rings is 1. The molecule has 1 aromatic carbocycles. The molecule has 2 heterocycles. The number of hydrogen-bond donors (Lipinski definition) is 1. The zero-order chi connectivity index (χ0) is 16.4. The molecule has 2 aromatic heterocycles. The van der Waals surface area contributed by atoms with Crippen LogP contribution in [0, 0.1) is 13.8 Å². The monoisotopic (exact) mass is 326 g/mol. The highest BCUT2D eigenvalue weighted by atomic mass is 32.1. The Kier molecular flexibility index (Phi) is 4.25. The molecule has 23 heavy (non-hydrogen) atoms. The van der Waals surface area contributed by atoms with Crippen molar-refractivity contribution in [1.29, 1.82) is 0 Å². The lowest BCUT2D eigenvalue weighted by molar-refractivity contribution is 0.0955. The van der Waals surface area contributed by atoms with E-state index in [1.165, 1.54) is 0 Å². The van der Waals surface area contributed by atoms with Gasteiger partial charge in [0.1, 0.15) is 5.82 Å². The van der Waals surface area contributed by atoms with E-state index in [1.54, 1.807) is 29.7 Å².